The molecular weight excluding hydrogens is 184 g/mol. The zero-order valence-electron chi connectivity index (χ0n) is 7.87. The van der Waals surface area contributed by atoms with Crippen LogP contribution in [-0.2, 0) is 6.42 Å². The summed E-state index contributed by atoms with van der Waals surface area (Å²) in [7, 11) is 0. The molecule has 0 atom stereocenters. The van der Waals surface area contributed by atoms with Crippen molar-refractivity contribution in [2.24, 2.45) is 5.84 Å². The molecule has 1 heterocycles. The number of anilines is 1. The number of nitrogen functional groups attached to an aromatic ring is 1. The molecule has 13 heavy (non-hydrogen) atoms. The average molecular weight is 198 g/mol. The number of nitrogens with zero attached hydrogens (tertiary/aromatic N) is 2. The molecule has 0 saturated heterocycles. The van der Waals surface area contributed by atoms with Crippen LogP contribution in [0, 0.1) is 0 Å². The van der Waals surface area contributed by atoms with Gasteiger partial charge in [-0.1, -0.05) is 13.8 Å². The van der Waals surface area contributed by atoms with E-state index in [4.69, 9.17) is 5.84 Å². The zero-order chi connectivity index (χ0) is 9.68. The van der Waals surface area contributed by atoms with E-state index in [0.717, 1.165) is 23.0 Å². The third-order valence-corrected chi connectivity index (χ3v) is 2.30. The minimum atomic E-state index is 0.683. The van der Waals surface area contributed by atoms with Gasteiger partial charge in [0.05, 0.1) is 0 Å². The maximum Gasteiger partial charge on any atom is 0.144 e. The Kier molecular flexibility index (Phi) is 3.98. The Labute approximate surface area is 82.3 Å². The number of hydrogen-bond donors (Lipinski definition) is 2. The second-order valence-electron chi connectivity index (χ2n) is 2.44. The smallest absolute Gasteiger partial charge is 0.144 e. The largest absolute Gasteiger partial charge is 0.308 e. The van der Waals surface area contributed by atoms with Gasteiger partial charge in [0, 0.05) is 12.5 Å². The van der Waals surface area contributed by atoms with Crippen molar-refractivity contribution in [2.45, 2.75) is 25.3 Å². The molecule has 3 N–H and O–H groups in total. The van der Waals surface area contributed by atoms with Gasteiger partial charge in [-0.05, 0) is 5.75 Å². The predicted molar refractivity (Wildman–Crippen MR) is 55.6 cm³/mol. The molecule has 4 nitrogen and oxygen atoms in total. The molecule has 0 amide bonds. The van der Waals surface area contributed by atoms with Crippen LogP contribution in [0.1, 0.15) is 19.7 Å². The summed E-state index contributed by atoms with van der Waals surface area (Å²) in [6.45, 7) is 4.12. The highest BCUT2D eigenvalue weighted by atomic mass is 32.2. The van der Waals surface area contributed by atoms with Gasteiger partial charge in [0.25, 0.3) is 0 Å². The summed E-state index contributed by atoms with van der Waals surface area (Å²) in [6.07, 6.45) is 0.826. The molecule has 0 radical (unpaired) electrons. The predicted octanol–water partition coefficient (Wildman–Crippen LogP) is 1.44. The van der Waals surface area contributed by atoms with E-state index in [-0.39, 0.29) is 0 Å². The lowest BCUT2D eigenvalue weighted by Crippen LogP contribution is -2.10. The first-order valence-corrected chi connectivity index (χ1v) is 5.26. The summed E-state index contributed by atoms with van der Waals surface area (Å²) in [5, 5.41) is 0.974. The normalized spacial score (nSPS) is 10.1. The monoisotopic (exact) mass is 198 g/mol. The molecule has 0 aliphatic rings. The standard InChI is InChI=1S/C8H14N4S/c1-3-6-10-7(12-9)5-8(11-6)13-4-2/h5H,3-4,9H2,1-2H3,(H,10,11,12). The fraction of sp³-hybridized carbons (Fsp3) is 0.500. The zero-order valence-corrected chi connectivity index (χ0v) is 8.69. The van der Waals surface area contributed by atoms with Crippen molar-refractivity contribution in [2.75, 3.05) is 11.2 Å². The van der Waals surface area contributed by atoms with Crippen LogP contribution in [-0.4, -0.2) is 15.7 Å². The second-order valence-corrected chi connectivity index (χ2v) is 3.72. The summed E-state index contributed by atoms with van der Waals surface area (Å²) in [4.78, 5) is 8.54. The van der Waals surface area contributed by atoms with Crippen LogP contribution in [0.5, 0.6) is 0 Å². The van der Waals surface area contributed by atoms with E-state index < -0.39 is 0 Å². The molecule has 0 bridgehead atoms. The average Bonchev–Trinajstić information content (AvgIpc) is 2.17. The Balaban J connectivity index is 2.93. The molecule has 0 fully saturated rings. The Morgan fingerprint density at radius 3 is 2.77 bits per heavy atom. The Hall–Kier alpha value is -0.810. The summed E-state index contributed by atoms with van der Waals surface area (Å²) in [5.74, 6) is 7.80. The van der Waals surface area contributed by atoms with Crippen molar-refractivity contribution in [3.8, 4) is 0 Å². The maximum absolute atomic E-state index is 5.29. The van der Waals surface area contributed by atoms with Crippen LogP contribution in [0.4, 0.5) is 5.82 Å². The number of hydrogen-bond acceptors (Lipinski definition) is 5. The number of rotatable bonds is 4. The van der Waals surface area contributed by atoms with Crippen LogP contribution in [0.15, 0.2) is 11.1 Å². The first kappa shape index (κ1) is 10.3. The van der Waals surface area contributed by atoms with E-state index >= 15 is 0 Å². The van der Waals surface area contributed by atoms with Gasteiger partial charge in [0.2, 0.25) is 0 Å². The van der Waals surface area contributed by atoms with Gasteiger partial charge in [0.15, 0.2) is 0 Å². The first-order chi connectivity index (χ1) is 6.30. The molecule has 1 rings (SSSR count). The van der Waals surface area contributed by atoms with Crippen LogP contribution in [0.2, 0.25) is 0 Å². The number of thioether (sulfide) groups is 1. The van der Waals surface area contributed by atoms with Gasteiger partial charge in [0.1, 0.15) is 16.7 Å². The van der Waals surface area contributed by atoms with E-state index in [0.29, 0.717) is 5.82 Å². The molecule has 0 saturated carbocycles. The van der Waals surface area contributed by atoms with Gasteiger partial charge in [-0.25, -0.2) is 15.8 Å². The molecule has 0 spiro atoms. The third kappa shape index (κ3) is 2.86. The van der Waals surface area contributed by atoms with E-state index in [1.54, 1.807) is 11.8 Å². The lowest BCUT2D eigenvalue weighted by molar-refractivity contribution is 0.888. The summed E-state index contributed by atoms with van der Waals surface area (Å²) >= 11 is 1.69. The van der Waals surface area contributed by atoms with Gasteiger partial charge in [-0.2, -0.15) is 0 Å². The molecule has 5 heteroatoms. The van der Waals surface area contributed by atoms with Gasteiger partial charge < -0.3 is 5.43 Å². The second kappa shape index (κ2) is 5.04. The van der Waals surface area contributed by atoms with E-state index in [1.807, 2.05) is 13.0 Å². The number of nitrogens with two attached hydrogens (primary N) is 1. The lowest BCUT2D eigenvalue weighted by Gasteiger charge is -2.04. The SMILES string of the molecule is CCSc1cc(NN)nc(CC)n1. The first-order valence-electron chi connectivity index (χ1n) is 4.27. The van der Waals surface area contributed by atoms with Crippen molar-refractivity contribution in [1.29, 1.82) is 0 Å². The minimum Gasteiger partial charge on any atom is -0.308 e. The van der Waals surface area contributed by atoms with Gasteiger partial charge in [-0.15, -0.1) is 11.8 Å². The van der Waals surface area contributed by atoms with E-state index in [1.165, 1.54) is 0 Å². The molecule has 0 unspecified atom stereocenters. The Morgan fingerprint density at radius 1 is 1.46 bits per heavy atom. The van der Waals surface area contributed by atoms with E-state index in [9.17, 15) is 0 Å². The molecule has 0 aromatic carbocycles. The molecule has 1 aromatic heterocycles. The summed E-state index contributed by atoms with van der Waals surface area (Å²) in [5.41, 5.74) is 2.54. The minimum absolute atomic E-state index is 0.683. The van der Waals surface area contributed by atoms with Crippen molar-refractivity contribution < 1.29 is 0 Å². The highest BCUT2D eigenvalue weighted by Gasteiger charge is 2.01. The fourth-order valence-corrected chi connectivity index (χ4v) is 1.59. The fourth-order valence-electron chi connectivity index (χ4n) is 0.927. The van der Waals surface area contributed by atoms with Crippen molar-refractivity contribution in [3.05, 3.63) is 11.9 Å². The van der Waals surface area contributed by atoms with E-state index in [2.05, 4.69) is 22.3 Å². The van der Waals surface area contributed by atoms with Gasteiger partial charge >= 0.3 is 0 Å². The van der Waals surface area contributed by atoms with Crippen LogP contribution in [0.25, 0.3) is 0 Å². The number of aromatic nitrogens is 2. The Bertz CT molecular complexity index is 255. The summed E-state index contributed by atoms with van der Waals surface area (Å²) < 4.78 is 0. The van der Waals surface area contributed by atoms with Crippen molar-refractivity contribution in [3.63, 3.8) is 0 Å². The molecule has 0 aliphatic heterocycles. The van der Waals surface area contributed by atoms with Crippen LogP contribution < -0.4 is 11.3 Å². The lowest BCUT2D eigenvalue weighted by atomic mass is 10.4. The summed E-state index contributed by atoms with van der Waals surface area (Å²) in [6, 6.07) is 1.85. The van der Waals surface area contributed by atoms with Crippen molar-refractivity contribution in [1.82, 2.24) is 9.97 Å². The highest BCUT2D eigenvalue weighted by Crippen LogP contribution is 2.17. The molecule has 0 aliphatic carbocycles. The number of aryl methyl sites for hydroxylation is 1. The number of hydrazine groups is 1. The van der Waals surface area contributed by atoms with Crippen LogP contribution >= 0.6 is 11.8 Å². The van der Waals surface area contributed by atoms with Gasteiger partial charge in [-0.3, -0.25) is 0 Å². The quantitative estimate of drug-likeness (QED) is 0.332. The topological polar surface area (TPSA) is 63.8 Å². The van der Waals surface area contributed by atoms with Crippen molar-refractivity contribution >= 4 is 17.6 Å². The molecular formula is C8H14N4S. The molecule has 72 valence electrons. The van der Waals surface area contributed by atoms with Crippen LogP contribution in [0.3, 0.4) is 0 Å². The maximum atomic E-state index is 5.29. The number of nitrogens with one attached hydrogen (secondary N) is 1. The third-order valence-electron chi connectivity index (χ3n) is 1.51. The highest BCUT2D eigenvalue weighted by molar-refractivity contribution is 7.99. The Morgan fingerprint density at radius 2 is 2.23 bits per heavy atom. The molecule has 1 aromatic rings.